The van der Waals surface area contributed by atoms with Gasteiger partial charge in [0.2, 0.25) is 5.89 Å². The SMILES string of the molecule is CC(c1nc2ccccc2o1)N1C[C@@H]2OCCN(Cc3ccccc3)[C@@H]2C1. The third-order valence-electron chi connectivity index (χ3n) is 5.89. The van der Waals surface area contributed by atoms with E-state index in [0.29, 0.717) is 6.04 Å². The Bertz CT molecular complexity index is 877. The van der Waals surface area contributed by atoms with Crippen molar-refractivity contribution in [2.24, 2.45) is 0 Å². The zero-order valence-corrected chi connectivity index (χ0v) is 15.6. The van der Waals surface area contributed by atoms with Gasteiger partial charge in [0, 0.05) is 26.2 Å². The Labute approximate surface area is 159 Å². The number of hydrogen-bond donors (Lipinski definition) is 0. The molecular formula is C22H25N3O2. The lowest BCUT2D eigenvalue weighted by molar-refractivity contribution is -0.0505. The molecule has 2 aromatic carbocycles. The smallest absolute Gasteiger partial charge is 0.212 e. The standard InChI is InChI=1S/C22H25N3O2/c1-16(22-23-18-9-5-6-10-20(18)27-22)25-14-19-21(15-25)26-12-11-24(19)13-17-7-3-2-4-8-17/h2-10,16,19,21H,11-15H2,1H3/t16?,19-,21+/m1/s1. The maximum Gasteiger partial charge on any atom is 0.212 e. The maximum atomic E-state index is 6.11. The Morgan fingerprint density at radius 1 is 1.07 bits per heavy atom. The highest BCUT2D eigenvalue weighted by molar-refractivity contribution is 5.72. The zero-order valence-electron chi connectivity index (χ0n) is 15.6. The molecule has 5 heteroatoms. The van der Waals surface area contributed by atoms with E-state index in [1.807, 2.05) is 24.3 Å². The van der Waals surface area contributed by atoms with Crippen molar-refractivity contribution in [3.05, 3.63) is 66.1 Å². The van der Waals surface area contributed by atoms with Gasteiger partial charge in [-0.2, -0.15) is 0 Å². The molecule has 1 aromatic heterocycles. The minimum atomic E-state index is 0.144. The number of hydrogen-bond acceptors (Lipinski definition) is 5. The van der Waals surface area contributed by atoms with Crippen LogP contribution in [0.15, 0.2) is 59.0 Å². The summed E-state index contributed by atoms with van der Waals surface area (Å²) in [4.78, 5) is 9.72. The Balaban J connectivity index is 1.32. The van der Waals surface area contributed by atoms with Crippen molar-refractivity contribution in [3.8, 4) is 0 Å². The summed E-state index contributed by atoms with van der Waals surface area (Å²) in [6, 6.07) is 19.3. The van der Waals surface area contributed by atoms with E-state index in [-0.39, 0.29) is 12.1 Å². The van der Waals surface area contributed by atoms with Gasteiger partial charge >= 0.3 is 0 Å². The van der Waals surface area contributed by atoms with Crippen LogP contribution in [0.5, 0.6) is 0 Å². The number of nitrogens with zero attached hydrogens (tertiary/aromatic N) is 3. The number of oxazole rings is 1. The quantitative estimate of drug-likeness (QED) is 0.710. The third-order valence-corrected chi connectivity index (χ3v) is 5.89. The van der Waals surface area contributed by atoms with E-state index in [1.54, 1.807) is 0 Å². The predicted octanol–water partition coefficient (Wildman–Crippen LogP) is 3.47. The minimum absolute atomic E-state index is 0.144. The van der Waals surface area contributed by atoms with Crippen LogP contribution >= 0.6 is 0 Å². The highest BCUT2D eigenvalue weighted by Crippen LogP contribution is 2.31. The van der Waals surface area contributed by atoms with Crippen molar-refractivity contribution in [2.45, 2.75) is 31.7 Å². The molecular weight excluding hydrogens is 338 g/mol. The fraction of sp³-hybridized carbons (Fsp3) is 0.409. The lowest BCUT2D eigenvalue weighted by Gasteiger charge is -2.37. The van der Waals surface area contributed by atoms with Gasteiger partial charge in [-0.3, -0.25) is 9.80 Å². The maximum absolute atomic E-state index is 6.11. The van der Waals surface area contributed by atoms with Gasteiger partial charge in [-0.25, -0.2) is 4.98 Å². The second-order valence-electron chi connectivity index (χ2n) is 7.58. The number of fused-ring (bicyclic) bond motifs is 2. The molecule has 0 bridgehead atoms. The molecule has 0 spiro atoms. The van der Waals surface area contributed by atoms with Crippen molar-refractivity contribution in [1.29, 1.82) is 0 Å². The fourth-order valence-electron chi connectivity index (χ4n) is 4.34. The summed E-state index contributed by atoms with van der Waals surface area (Å²) in [7, 11) is 0. The molecule has 27 heavy (non-hydrogen) atoms. The minimum Gasteiger partial charge on any atom is -0.439 e. The van der Waals surface area contributed by atoms with Crippen LogP contribution in [-0.4, -0.2) is 53.2 Å². The lowest BCUT2D eigenvalue weighted by Crippen LogP contribution is -2.50. The molecule has 0 radical (unpaired) electrons. The van der Waals surface area contributed by atoms with Crippen molar-refractivity contribution >= 4 is 11.1 Å². The lowest BCUT2D eigenvalue weighted by atomic mass is 10.1. The first-order valence-electron chi connectivity index (χ1n) is 9.77. The van der Waals surface area contributed by atoms with Gasteiger partial charge in [0.15, 0.2) is 5.58 Å². The van der Waals surface area contributed by atoms with Crippen LogP contribution in [0.1, 0.15) is 24.4 Å². The Kier molecular flexibility index (Phi) is 4.44. The summed E-state index contributed by atoms with van der Waals surface area (Å²) in [5.41, 5.74) is 3.15. The molecule has 2 aliphatic rings. The summed E-state index contributed by atoms with van der Waals surface area (Å²) in [6.07, 6.45) is 0.259. The van der Waals surface area contributed by atoms with E-state index in [9.17, 15) is 0 Å². The molecule has 0 saturated carbocycles. The molecule has 0 amide bonds. The number of rotatable bonds is 4. The molecule has 2 fully saturated rings. The van der Waals surface area contributed by atoms with Crippen LogP contribution in [0.4, 0.5) is 0 Å². The molecule has 3 atom stereocenters. The number of morpholine rings is 1. The van der Waals surface area contributed by atoms with Crippen LogP contribution in [0.3, 0.4) is 0 Å². The van der Waals surface area contributed by atoms with Crippen LogP contribution in [0.2, 0.25) is 0 Å². The summed E-state index contributed by atoms with van der Waals surface area (Å²) in [5.74, 6) is 0.796. The second-order valence-corrected chi connectivity index (χ2v) is 7.58. The van der Waals surface area contributed by atoms with Gasteiger partial charge in [0.25, 0.3) is 0 Å². The van der Waals surface area contributed by atoms with Crippen molar-refractivity contribution in [3.63, 3.8) is 0 Å². The average Bonchev–Trinajstić information content (AvgIpc) is 3.33. The molecule has 0 N–H and O–H groups in total. The van der Waals surface area contributed by atoms with E-state index in [4.69, 9.17) is 14.1 Å². The normalized spacial score (nSPS) is 24.9. The summed E-state index contributed by atoms with van der Waals surface area (Å²) in [5, 5.41) is 0. The van der Waals surface area contributed by atoms with Gasteiger partial charge in [-0.1, -0.05) is 42.5 Å². The molecule has 2 aliphatic heterocycles. The van der Waals surface area contributed by atoms with Crippen molar-refractivity contribution in [1.82, 2.24) is 14.8 Å². The van der Waals surface area contributed by atoms with E-state index < -0.39 is 0 Å². The first-order chi connectivity index (χ1) is 13.3. The highest BCUT2D eigenvalue weighted by atomic mass is 16.5. The zero-order chi connectivity index (χ0) is 18.2. The molecule has 140 valence electrons. The average molecular weight is 363 g/mol. The predicted molar refractivity (Wildman–Crippen MR) is 104 cm³/mol. The fourth-order valence-corrected chi connectivity index (χ4v) is 4.34. The molecule has 5 nitrogen and oxygen atoms in total. The largest absolute Gasteiger partial charge is 0.439 e. The van der Waals surface area contributed by atoms with Gasteiger partial charge in [0.1, 0.15) is 5.52 Å². The number of para-hydroxylation sites is 2. The molecule has 5 rings (SSSR count). The van der Waals surface area contributed by atoms with Crippen LogP contribution in [0, 0.1) is 0 Å². The second kappa shape index (κ2) is 7.08. The third kappa shape index (κ3) is 3.27. The summed E-state index contributed by atoms with van der Waals surface area (Å²) in [6.45, 7) is 6.87. The van der Waals surface area contributed by atoms with Crippen LogP contribution < -0.4 is 0 Å². The molecule has 3 heterocycles. The molecule has 1 unspecified atom stereocenters. The topological polar surface area (TPSA) is 41.7 Å². The first kappa shape index (κ1) is 16.9. The van der Waals surface area contributed by atoms with Gasteiger partial charge in [0.05, 0.1) is 24.8 Å². The summed E-state index contributed by atoms with van der Waals surface area (Å²) >= 11 is 0. The Morgan fingerprint density at radius 2 is 1.89 bits per heavy atom. The Hall–Kier alpha value is -2.21. The van der Waals surface area contributed by atoms with E-state index in [2.05, 4.69) is 47.1 Å². The van der Waals surface area contributed by atoms with Crippen LogP contribution in [-0.2, 0) is 11.3 Å². The number of aromatic nitrogens is 1. The van der Waals surface area contributed by atoms with Crippen LogP contribution in [0.25, 0.3) is 11.1 Å². The highest BCUT2D eigenvalue weighted by Gasteiger charge is 2.42. The van der Waals surface area contributed by atoms with E-state index in [0.717, 1.165) is 49.8 Å². The first-order valence-corrected chi connectivity index (χ1v) is 9.77. The van der Waals surface area contributed by atoms with Crippen molar-refractivity contribution < 1.29 is 9.15 Å². The molecule has 3 aromatic rings. The Morgan fingerprint density at radius 3 is 2.74 bits per heavy atom. The van der Waals surface area contributed by atoms with Gasteiger partial charge in [-0.15, -0.1) is 0 Å². The molecule has 0 aliphatic carbocycles. The van der Waals surface area contributed by atoms with E-state index >= 15 is 0 Å². The van der Waals surface area contributed by atoms with Gasteiger partial charge in [-0.05, 0) is 24.6 Å². The molecule has 2 saturated heterocycles. The van der Waals surface area contributed by atoms with Gasteiger partial charge < -0.3 is 9.15 Å². The number of ether oxygens (including phenoxy) is 1. The van der Waals surface area contributed by atoms with E-state index in [1.165, 1.54) is 5.56 Å². The van der Waals surface area contributed by atoms with Crippen molar-refractivity contribution in [2.75, 3.05) is 26.2 Å². The number of benzene rings is 2. The summed E-state index contributed by atoms with van der Waals surface area (Å²) < 4.78 is 12.1. The number of likely N-dealkylation sites (tertiary alicyclic amines) is 1. The monoisotopic (exact) mass is 363 g/mol.